The Morgan fingerprint density at radius 1 is 1.13 bits per heavy atom. The second-order valence-corrected chi connectivity index (χ2v) is 9.96. The third-order valence-electron chi connectivity index (χ3n) is 6.92. The van der Waals surface area contributed by atoms with Gasteiger partial charge < -0.3 is 29.4 Å². The zero-order valence-corrected chi connectivity index (χ0v) is 21.9. The summed E-state index contributed by atoms with van der Waals surface area (Å²) in [6.07, 6.45) is 4.71. The average Bonchev–Trinajstić information content (AvgIpc) is 3.31. The molecule has 0 bridgehead atoms. The van der Waals surface area contributed by atoms with E-state index in [0.717, 1.165) is 28.2 Å². The molecule has 8 nitrogen and oxygen atoms in total. The first-order valence-electron chi connectivity index (χ1n) is 12.7. The van der Waals surface area contributed by atoms with Crippen LogP contribution in [0, 0.1) is 0 Å². The summed E-state index contributed by atoms with van der Waals surface area (Å²) >= 11 is 6.44. The predicted octanol–water partition coefficient (Wildman–Crippen LogP) is 2.86. The van der Waals surface area contributed by atoms with Gasteiger partial charge in [-0.05, 0) is 60.4 Å². The minimum absolute atomic E-state index is 0.0558. The van der Waals surface area contributed by atoms with Crippen molar-refractivity contribution in [3.05, 3.63) is 75.9 Å². The first-order chi connectivity index (χ1) is 18.5. The maximum atomic E-state index is 13.5. The fourth-order valence-corrected chi connectivity index (χ4v) is 5.16. The minimum Gasteiger partial charge on any atom is -0.497 e. The maximum absolute atomic E-state index is 13.5. The predicted molar refractivity (Wildman–Crippen MR) is 144 cm³/mol. The van der Waals surface area contributed by atoms with Crippen LogP contribution in [-0.4, -0.2) is 64.5 Å². The SMILES string of the molecule is COc1ccc(OC(=O)N2CCc3c([nH]c4c3=CC(Cl)CC=4)[C@@H]2c2ccc(OCC[C@@H](O)CO)cc2)cc1. The molecule has 38 heavy (non-hydrogen) atoms. The van der Waals surface area contributed by atoms with Crippen LogP contribution in [0.4, 0.5) is 4.79 Å². The number of carbonyl (C=O) groups is 1. The molecule has 9 heteroatoms. The number of aromatic amines is 1. The quantitative estimate of drug-likeness (QED) is 0.381. The van der Waals surface area contributed by atoms with Crippen molar-refractivity contribution in [3.63, 3.8) is 0 Å². The number of methoxy groups -OCH3 is 1. The minimum atomic E-state index is -0.805. The molecule has 5 rings (SSSR count). The number of rotatable bonds is 8. The molecular formula is C29H31ClN2O6. The van der Waals surface area contributed by atoms with Gasteiger partial charge in [0.1, 0.15) is 23.3 Å². The van der Waals surface area contributed by atoms with Crippen LogP contribution in [0.3, 0.4) is 0 Å². The Hall–Kier alpha value is -3.46. The largest absolute Gasteiger partial charge is 0.497 e. The van der Waals surface area contributed by atoms with Crippen LogP contribution in [0.1, 0.15) is 35.7 Å². The van der Waals surface area contributed by atoms with Gasteiger partial charge in [-0.15, -0.1) is 11.6 Å². The van der Waals surface area contributed by atoms with Crippen molar-refractivity contribution in [1.29, 1.82) is 0 Å². The van der Waals surface area contributed by atoms with Crippen molar-refractivity contribution in [2.75, 3.05) is 26.9 Å². The second-order valence-electron chi connectivity index (χ2n) is 9.40. The van der Waals surface area contributed by atoms with Gasteiger partial charge in [0.15, 0.2) is 0 Å². The summed E-state index contributed by atoms with van der Waals surface area (Å²) in [6, 6.07) is 14.1. The first kappa shape index (κ1) is 26.2. The Kier molecular flexibility index (Phi) is 7.93. The third kappa shape index (κ3) is 5.53. The Morgan fingerprint density at radius 3 is 2.55 bits per heavy atom. The molecule has 0 radical (unpaired) electrons. The van der Waals surface area contributed by atoms with Crippen molar-refractivity contribution >= 4 is 29.8 Å². The van der Waals surface area contributed by atoms with Crippen molar-refractivity contribution in [3.8, 4) is 17.2 Å². The number of H-pyrrole nitrogens is 1. The number of aliphatic hydroxyl groups is 2. The van der Waals surface area contributed by atoms with E-state index in [1.807, 2.05) is 24.3 Å². The number of alkyl halides is 1. The smallest absolute Gasteiger partial charge is 0.416 e. The van der Waals surface area contributed by atoms with Gasteiger partial charge in [0.2, 0.25) is 0 Å². The van der Waals surface area contributed by atoms with Crippen LogP contribution in [0.15, 0.2) is 48.5 Å². The first-order valence-corrected chi connectivity index (χ1v) is 13.1. The van der Waals surface area contributed by atoms with Crippen LogP contribution in [0.2, 0.25) is 0 Å². The van der Waals surface area contributed by atoms with Crippen molar-refractivity contribution in [2.24, 2.45) is 0 Å². The highest BCUT2D eigenvalue weighted by atomic mass is 35.5. The number of amides is 1. The Morgan fingerprint density at radius 2 is 1.84 bits per heavy atom. The molecule has 3 atom stereocenters. The summed E-state index contributed by atoms with van der Waals surface area (Å²) in [7, 11) is 1.59. The van der Waals surface area contributed by atoms with E-state index in [4.69, 9.17) is 30.9 Å². The molecule has 200 valence electrons. The van der Waals surface area contributed by atoms with Crippen molar-refractivity contribution in [2.45, 2.75) is 36.8 Å². The lowest BCUT2D eigenvalue weighted by Crippen LogP contribution is -2.43. The van der Waals surface area contributed by atoms with Gasteiger partial charge in [-0.25, -0.2) is 4.79 Å². The van der Waals surface area contributed by atoms with Gasteiger partial charge in [-0.2, -0.15) is 0 Å². The number of fused-ring (bicyclic) bond motifs is 3. The molecule has 2 aromatic carbocycles. The van der Waals surface area contributed by atoms with E-state index in [0.29, 0.717) is 36.6 Å². The van der Waals surface area contributed by atoms with E-state index in [-0.39, 0.29) is 18.6 Å². The number of ether oxygens (including phenoxy) is 3. The molecule has 0 saturated carbocycles. The standard InChI is InChI=1S/C29H31ClN2O6/c1-36-21-7-9-23(10-8-21)38-29(35)32-14-12-24-25-16-19(30)4-11-26(25)31-27(24)28(32)18-2-5-22(6-3-18)37-15-13-20(34)17-33/h2-3,5-11,16,19-20,28,31,33-34H,4,12-15,17H2,1H3/t19?,20-,28+/m1/s1. The Bertz CT molecular complexity index is 1390. The highest BCUT2D eigenvalue weighted by molar-refractivity contribution is 6.24. The number of hydrogen-bond donors (Lipinski definition) is 3. The van der Waals surface area contributed by atoms with E-state index < -0.39 is 18.2 Å². The molecule has 1 amide bonds. The number of nitrogens with one attached hydrogen (secondary N) is 1. The molecule has 3 aromatic rings. The molecule has 3 N–H and O–H groups in total. The molecule has 0 spiro atoms. The fraction of sp³-hybridized carbons (Fsp3) is 0.345. The summed E-state index contributed by atoms with van der Waals surface area (Å²) in [5.74, 6) is 1.76. The summed E-state index contributed by atoms with van der Waals surface area (Å²) in [5.41, 5.74) is 3.02. The number of nitrogens with zero attached hydrogens (tertiary/aromatic N) is 1. The monoisotopic (exact) mass is 538 g/mol. The Balaban J connectivity index is 1.45. The zero-order valence-electron chi connectivity index (χ0n) is 21.1. The molecule has 1 aromatic heterocycles. The second kappa shape index (κ2) is 11.5. The lowest BCUT2D eigenvalue weighted by atomic mass is 9.92. The highest BCUT2D eigenvalue weighted by Gasteiger charge is 2.35. The summed E-state index contributed by atoms with van der Waals surface area (Å²) < 4.78 is 16.7. The number of aliphatic hydroxyl groups excluding tert-OH is 2. The molecule has 0 saturated heterocycles. The fourth-order valence-electron chi connectivity index (χ4n) is 4.94. The molecule has 0 fully saturated rings. The third-order valence-corrected chi connectivity index (χ3v) is 7.22. The van der Waals surface area contributed by atoms with Crippen LogP contribution in [-0.2, 0) is 6.42 Å². The van der Waals surface area contributed by atoms with E-state index >= 15 is 0 Å². The lowest BCUT2D eigenvalue weighted by Gasteiger charge is -2.35. The number of aromatic nitrogens is 1. The van der Waals surface area contributed by atoms with Gasteiger partial charge in [-0.3, -0.25) is 4.90 Å². The van der Waals surface area contributed by atoms with Crippen LogP contribution >= 0.6 is 11.6 Å². The van der Waals surface area contributed by atoms with Gasteiger partial charge >= 0.3 is 6.09 Å². The topological polar surface area (TPSA) is 104 Å². The lowest BCUT2D eigenvalue weighted by molar-refractivity contribution is 0.0754. The molecule has 2 aliphatic rings. The number of benzene rings is 2. The zero-order chi connectivity index (χ0) is 26.6. The summed E-state index contributed by atoms with van der Waals surface area (Å²) in [6.45, 7) is 0.465. The van der Waals surface area contributed by atoms with E-state index in [1.54, 1.807) is 36.3 Å². The number of halogens is 1. The number of hydrogen-bond acceptors (Lipinski definition) is 6. The summed E-state index contributed by atoms with van der Waals surface area (Å²) in [5, 5.41) is 20.6. The molecule has 1 aliphatic carbocycles. The molecule has 2 heterocycles. The van der Waals surface area contributed by atoms with Gasteiger partial charge in [0, 0.05) is 29.2 Å². The van der Waals surface area contributed by atoms with Gasteiger partial charge in [0.05, 0.1) is 31.8 Å². The van der Waals surface area contributed by atoms with Gasteiger partial charge in [-0.1, -0.05) is 24.3 Å². The summed E-state index contributed by atoms with van der Waals surface area (Å²) in [4.78, 5) is 18.8. The van der Waals surface area contributed by atoms with E-state index in [9.17, 15) is 9.90 Å². The van der Waals surface area contributed by atoms with E-state index in [2.05, 4.69) is 17.1 Å². The van der Waals surface area contributed by atoms with Crippen LogP contribution < -0.4 is 24.8 Å². The van der Waals surface area contributed by atoms with Crippen molar-refractivity contribution in [1.82, 2.24) is 9.88 Å². The van der Waals surface area contributed by atoms with Crippen LogP contribution in [0.5, 0.6) is 17.2 Å². The molecule has 1 aliphatic heterocycles. The van der Waals surface area contributed by atoms with Crippen LogP contribution in [0.25, 0.3) is 12.2 Å². The molecular weight excluding hydrogens is 508 g/mol. The highest BCUT2D eigenvalue weighted by Crippen LogP contribution is 2.34. The maximum Gasteiger partial charge on any atom is 0.416 e. The molecule has 1 unspecified atom stereocenters. The number of carbonyl (C=O) groups excluding carboxylic acids is 1. The normalized spacial score (nSPS) is 18.9. The Labute approximate surface area is 225 Å². The van der Waals surface area contributed by atoms with Gasteiger partial charge in [0.25, 0.3) is 0 Å². The average molecular weight is 539 g/mol. The van der Waals surface area contributed by atoms with E-state index in [1.165, 1.54) is 5.56 Å². The van der Waals surface area contributed by atoms with Crippen molar-refractivity contribution < 1.29 is 29.2 Å².